The molecule has 1 N–H and O–H groups in total. The largest absolute Gasteiger partial charge is 0.314 e. The van der Waals surface area contributed by atoms with E-state index >= 15 is 0 Å². The van der Waals surface area contributed by atoms with E-state index in [1.54, 1.807) is 0 Å². The molecule has 0 aromatic rings. The molecule has 0 aliphatic carbocycles. The first-order valence-electron chi connectivity index (χ1n) is 6.76. The summed E-state index contributed by atoms with van der Waals surface area (Å²) >= 11 is 0. The second-order valence-electron chi connectivity index (χ2n) is 5.38. The van der Waals surface area contributed by atoms with E-state index in [2.05, 4.69) is 24.2 Å². The van der Waals surface area contributed by atoms with Crippen molar-refractivity contribution in [2.45, 2.75) is 70.0 Å². The van der Waals surface area contributed by atoms with Crippen LogP contribution in [-0.4, -0.2) is 36.6 Å². The van der Waals surface area contributed by atoms with Crippen molar-refractivity contribution in [2.24, 2.45) is 0 Å². The molecule has 2 nitrogen and oxygen atoms in total. The molecule has 2 rings (SSSR count). The van der Waals surface area contributed by atoms with Crippen molar-refractivity contribution in [2.75, 3.05) is 13.6 Å². The zero-order valence-electron chi connectivity index (χ0n) is 10.3. The Hall–Kier alpha value is -0.0800. The standard InChI is InChI=1S/C13H26N2/c1-3-4-8-14-11-9-12-6-5-7-13(10-11)15(12)2/h11-14H,3-10H2,1-2H3. The van der Waals surface area contributed by atoms with Gasteiger partial charge in [-0.25, -0.2) is 0 Å². The molecular formula is C13H26N2. The second kappa shape index (κ2) is 5.31. The third-order valence-electron chi connectivity index (χ3n) is 4.30. The van der Waals surface area contributed by atoms with Crippen LogP contribution in [0.15, 0.2) is 0 Å². The fraction of sp³-hybridized carbons (Fsp3) is 1.00. The van der Waals surface area contributed by atoms with Crippen LogP contribution in [0.25, 0.3) is 0 Å². The van der Waals surface area contributed by atoms with Crippen LogP contribution in [-0.2, 0) is 0 Å². The lowest BCUT2D eigenvalue weighted by Crippen LogP contribution is -2.54. The third kappa shape index (κ3) is 2.73. The first-order chi connectivity index (χ1) is 7.31. The molecule has 2 heterocycles. The van der Waals surface area contributed by atoms with Crippen molar-refractivity contribution in [3.8, 4) is 0 Å². The molecule has 2 saturated heterocycles. The lowest BCUT2D eigenvalue weighted by Gasteiger charge is -2.47. The lowest BCUT2D eigenvalue weighted by atomic mass is 9.82. The Labute approximate surface area is 94.4 Å². The summed E-state index contributed by atoms with van der Waals surface area (Å²) in [5, 5.41) is 3.74. The summed E-state index contributed by atoms with van der Waals surface area (Å²) < 4.78 is 0. The second-order valence-corrected chi connectivity index (χ2v) is 5.38. The van der Waals surface area contributed by atoms with Gasteiger partial charge in [0.25, 0.3) is 0 Å². The minimum atomic E-state index is 0.808. The van der Waals surface area contributed by atoms with Crippen LogP contribution in [0.2, 0.25) is 0 Å². The number of nitrogens with zero attached hydrogens (tertiary/aromatic N) is 1. The van der Waals surface area contributed by atoms with E-state index in [9.17, 15) is 0 Å². The van der Waals surface area contributed by atoms with E-state index in [0.29, 0.717) is 0 Å². The summed E-state index contributed by atoms with van der Waals surface area (Å²) in [6, 6.07) is 2.55. The predicted molar refractivity (Wildman–Crippen MR) is 65.1 cm³/mol. The van der Waals surface area contributed by atoms with E-state index in [1.807, 2.05) is 0 Å². The van der Waals surface area contributed by atoms with Gasteiger partial charge in [0.05, 0.1) is 0 Å². The van der Waals surface area contributed by atoms with Gasteiger partial charge in [-0.3, -0.25) is 0 Å². The highest BCUT2D eigenvalue weighted by Crippen LogP contribution is 2.32. The van der Waals surface area contributed by atoms with Crippen LogP contribution in [0.5, 0.6) is 0 Å². The van der Waals surface area contributed by atoms with Crippen molar-refractivity contribution >= 4 is 0 Å². The average molecular weight is 210 g/mol. The van der Waals surface area contributed by atoms with Gasteiger partial charge in [0.2, 0.25) is 0 Å². The zero-order valence-corrected chi connectivity index (χ0v) is 10.3. The molecule has 2 bridgehead atoms. The van der Waals surface area contributed by atoms with E-state index in [0.717, 1.165) is 18.1 Å². The van der Waals surface area contributed by atoms with Crippen LogP contribution in [0.3, 0.4) is 0 Å². The normalized spacial score (nSPS) is 36.8. The molecule has 0 spiro atoms. The predicted octanol–water partition coefficient (Wildman–Crippen LogP) is 2.39. The fourth-order valence-corrected chi connectivity index (χ4v) is 3.27. The number of rotatable bonds is 4. The van der Waals surface area contributed by atoms with Crippen molar-refractivity contribution < 1.29 is 0 Å². The van der Waals surface area contributed by atoms with Crippen LogP contribution in [0.1, 0.15) is 51.9 Å². The molecule has 2 heteroatoms. The van der Waals surface area contributed by atoms with Crippen molar-refractivity contribution in [3.63, 3.8) is 0 Å². The highest BCUT2D eigenvalue weighted by molar-refractivity contribution is 4.93. The molecule has 0 radical (unpaired) electrons. The number of nitrogens with one attached hydrogen (secondary N) is 1. The summed E-state index contributed by atoms with van der Waals surface area (Å²) in [5.74, 6) is 0. The number of unbranched alkanes of at least 4 members (excludes halogenated alkanes) is 1. The molecule has 0 aromatic carbocycles. The van der Waals surface area contributed by atoms with Crippen LogP contribution in [0.4, 0.5) is 0 Å². The summed E-state index contributed by atoms with van der Waals surface area (Å²) in [4.78, 5) is 2.64. The van der Waals surface area contributed by atoms with Crippen LogP contribution < -0.4 is 5.32 Å². The van der Waals surface area contributed by atoms with Gasteiger partial charge in [-0.15, -0.1) is 0 Å². The molecule has 2 atom stereocenters. The van der Waals surface area contributed by atoms with Crippen LogP contribution >= 0.6 is 0 Å². The molecule has 0 aromatic heterocycles. The highest BCUT2D eigenvalue weighted by atomic mass is 15.2. The summed E-state index contributed by atoms with van der Waals surface area (Å²) in [6.45, 7) is 3.50. The van der Waals surface area contributed by atoms with Crippen LogP contribution in [0, 0.1) is 0 Å². The number of hydrogen-bond donors (Lipinski definition) is 1. The molecule has 2 fully saturated rings. The SMILES string of the molecule is CCCCNC1CC2CCCC(C1)N2C. The Morgan fingerprint density at radius 1 is 1.20 bits per heavy atom. The average Bonchev–Trinajstić information content (AvgIpc) is 2.19. The van der Waals surface area contributed by atoms with Gasteiger partial charge in [-0.05, 0) is 45.7 Å². The number of hydrogen-bond acceptors (Lipinski definition) is 2. The fourth-order valence-electron chi connectivity index (χ4n) is 3.27. The summed E-state index contributed by atoms with van der Waals surface area (Å²) in [5.41, 5.74) is 0. The van der Waals surface area contributed by atoms with E-state index < -0.39 is 0 Å². The highest BCUT2D eigenvalue weighted by Gasteiger charge is 2.35. The molecule has 2 aliphatic heterocycles. The Balaban J connectivity index is 1.79. The Morgan fingerprint density at radius 3 is 2.47 bits per heavy atom. The van der Waals surface area contributed by atoms with Crippen molar-refractivity contribution in [3.05, 3.63) is 0 Å². The zero-order chi connectivity index (χ0) is 10.7. The van der Waals surface area contributed by atoms with E-state index in [-0.39, 0.29) is 0 Å². The van der Waals surface area contributed by atoms with Gasteiger partial charge in [-0.2, -0.15) is 0 Å². The van der Waals surface area contributed by atoms with E-state index in [4.69, 9.17) is 0 Å². The molecule has 15 heavy (non-hydrogen) atoms. The smallest absolute Gasteiger partial charge is 0.0110 e. The van der Waals surface area contributed by atoms with Crippen molar-refractivity contribution in [1.82, 2.24) is 10.2 Å². The minimum Gasteiger partial charge on any atom is -0.314 e. The quantitative estimate of drug-likeness (QED) is 0.717. The van der Waals surface area contributed by atoms with E-state index in [1.165, 1.54) is 51.5 Å². The molecule has 2 aliphatic rings. The van der Waals surface area contributed by atoms with Gasteiger partial charge in [0.15, 0.2) is 0 Å². The van der Waals surface area contributed by atoms with Gasteiger partial charge in [-0.1, -0.05) is 19.8 Å². The Bertz CT molecular complexity index is 179. The summed E-state index contributed by atoms with van der Waals surface area (Å²) in [6.07, 6.45) is 9.74. The monoisotopic (exact) mass is 210 g/mol. The molecule has 88 valence electrons. The topological polar surface area (TPSA) is 15.3 Å². The Morgan fingerprint density at radius 2 is 1.87 bits per heavy atom. The molecule has 0 amide bonds. The van der Waals surface area contributed by atoms with Gasteiger partial charge in [0, 0.05) is 18.1 Å². The molecule has 0 saturated carbocycles. The molecular weight excluding hydrogens is 184 g/mol. The summed E-state index contributed by atoms with van der Waals surface area (Å²) in [7, 11) is 2.33. The number of fused-ring (bicyclic) bond motifs is 2. The number of piperidine rings is 2. The first-order valence-corrected chi connectivity index (χ1v) is 6.76. The Kier molecular flexibility index (Phi) is 4.04. The maximum atomic E-state index is 3.74. The van der Waals surface area contributed by atoms with Crippen molar-refractivity contribution in [1.29, 1.82) is 0 Å². The van der Waals surface area contributed by atoms with Gasteiger partial charge >= 0.3 is 0 Å². The minimum absolute atomic E-state index is 0.808. The van der Waals surface area contributed by atoms with Gasteiger partial charge < -0.3 is 10.2 Å². The maximum Gasteiger partial charge on any atom is 0.0110 e. The third-order valence-corrected chi connectivity index (χ3v) is 4.30. The molecule has 2 unspecified atom stereocenters. The maximum absolute atomic E-state index is 3.74. The lowest BCUT2D eigenvalue weighted by molar-refractivity contribution is 0.0486. The first kappa shape index (κ1) is 11.4. The van der Waals surface area contributed by atoms with Gasteiger partial charge in [0.1, 0.15) is 0 Å².